The zero-order chi connectivity index (χ0) is 18.7. The van der Waals surface area contributed by atoms with E-state index in [2.05, 4.69) is 10.3 Å². The number of halogens is 3. The molecule has 1 fully saturated rings. The Bertz CT molecular complexity index is 628. The Kier molecular flexibility index (Phi) is 5.69. The van der Waals surface area contributed by atoms with E-state index < -0.39 is 12.8 Å². The van der Waals surface area contributed by atoms with E-state index in [1.807, 2.05) is 31.0 Å². The van der Waals surface area contributed by atoms with Crippen LogP contribution < -0.4 is 10.3 Å². The van der Waals surface area contributed by atoms with Crippen molar-refractivity contribution in [2.24, 2.45) is 0 Å². The molecule has 0 amide bonds. The van der Waals surface area contributed by atoms with Crippen molar-refractivity contribution in [3.63, 3.8) is 0 Å². The fraction of sp³-hybridized carbons (Fsp3) is 0.588. The summed E-state index contributed by atoms with van der Waals surface area (Å²) in [5.41, 5.74) is 1.44. The Hall–Kier alpha value is -1.84. The van der Waals surface area contributed by atoms with E-state index in [-0.39, 0.29) is 18.0 Å². The smallest absolute Gasteiger partial charge is 0.422 e. The van der Waals surface area contributed by atoms with Crippen molar-refractivity contribution in [1.29, 1.82) is 0 Å². The van der Waals surface area contributed by atoms with E-state index in [9.17, 15) is 13.2 Å². The van der Waals surface area contributed by atoms with Gasteiger partial charge in [-0.2, -0.15) is 13.2 Å². The molecule has 1 aromatic heterocycles. The van der Waals surface area contributed by atoms with Crippen molar-refractivity contribution < 1.29 is 22.6 Å². The van der Waals surface area contributed by atoms with Crippen LogP contribution in [0.3, 0.4) is 0 Å². The van der Waals surface area contributed by atoms with Crippen LogP contribution in [0.25, 0.3) is 0 Å². The summed E-state index contributed by atoms with van der Waals surface area (Å²) < 4.78 is 48.3. The van der Waals surface area contributed by atoms with Gasteiger partial charge in [-0.25, -0.2) is 10.0 Å². The number of rotatable bonds is 5. The van der Waals surface area contributed by atoms with Crippen LogP contribution in [-0.2, 0) is 9.47 Å². The number of hydrogen-bond acceptors (Lipinski definition) is 6. The van der Waals surface area contributed by atoms with Gasteiger partial charge in [0, 0.05) is 25.7 Å². The van der Waals surface area contributed by atoms with Crippen LogP contribution in [-0.4, -0.2) is 55.1 Å². The molecule has 0 bridgehead atoms. The van der Waals surface area contributed by atoms with Gasteiger partial charge in [0.1, 0.15) is 6.10 Å². The van der Waals surface area contributed by atoms with E-state index in [1.54, 1.807) is 17.3 Å². The number of alkyl halides is 3. The van der Waals surface area contributed by atoms with Crippen molar-refractivity contribution in [2.75, 3.05) is 37.9 Å². The third-order valence-corrected chi connectivity index (χ3v) is 4.17. The van der Waals surface area contributed by atoms with Gasteiger partial charge in [-0.3, -0.25) is 4.98 Å². The standard InChI is InChI=1S/C17H23F3N4O2/c1-12(2)23-7-5-16(26-11-17(18,19)20)24(23)13-3-4-14(22-9-13)15-10-21-6-8-25-15/h3-5,9,12,15,21H,6-8,10-11H2,1-2H3/t15-/m0/s1. The molecule has 1 N–H and O–H groups in total. The van der Waals surface area contributed by atoms with Crippen molar-refractivity contribution >= 4 is 5.69 Å². The lowest BCUT2D eigenvalue weighted by Crippen LogP contribution is -2.43. The topological polar surface area (TPSA) is 49.9 Å². The largest absolute Gasteiger partial charge is 0.468 e. The van der Waals surface area contributed by atoms with Gasteiger partial charge in [-0.05, 0) is 32.1 Å². The van der Waals surface area contributed by atoms with Gasteiger partial charge in [0.2, 0.25) is 5.88 Å². The number of nitrogens with zero attached hydrogens (tertiary/aromatic N) is 3. The van der Waals surface area contributed by atoms with Crippen molar-refractivity contribution in [3.8, 4) is 0 Å². The van der Waals surface area contributed by atoms with Crippen molar-refractivity contribution in [3.05, 3.63) is 36.0 Å². The number of nitrogens with one attached hydrogen (secondary N) is 1. The maximum Gasteiger partial charge on any atom is 0.422 e. The minimum Gasteiger partial charge on any atom is -0.468 e. The third kappa shape index (κ3) is 4.46. The normalized spacial score (nSPS) is 22.0. The number of hydrogen-bond donors (Lipinski definition) is 1. The zero-order valence-electron chi connectivity index (χ0n) is 14.8. The third-order valence-electron chi connectivity index (χ3n) is 4.17. The zero-order valence-corrected chi connectivity index (χ0v) is 14.8. The number of morpholine rings is 1. The van der Waals surface area contributed by atoms with Crippen LogP contribution in [0.15, 0.2) is 30.3 Å². The van der Waals surface area contributed by atoms with Crippen LogP contribution >= 0.6 is 0 Å². The van der Waals surface area contributed by atoms with Crippen molar-refractivity contribution in [1.82, 2.24) is 15.3 Å². The predicted molar refractivity (Wildman–Crippen MR) is 90.2 cm³/mol. The second kappa shape index (κ2) is 7.81. The second-order valence-corrected chi connectivity index (χ2v) is 6.48. The molecule has 0 spiro atoms. The lowest BCUT2D eigenvalue weighted by molar-refractivity contribution is -0.165. The summed E-state index contributed by atoms with van der Waals surface area (Å²) in [7, 11) is 0. The summed E-state index contributed by atoms with van der Waals surface area (Å²) in [6, 6.07) is 3.75. The van der Waals surface area contributed by atoms with Gasteiger partial charge in [-0.15, -0.1) is 0 Å². The van der Waals surface area contributed by atoms with Gasteiger partial charge in [-0.1, -0.05) is 0 Å². The molecule has 1 saturated heterocycles. The fourth-order valence-electron chi connectivity index (χ4n) is 2.93. The number of ether oxygens (including phenoxy) is 2. The van der Waals surface area contributed by atoms with Gasteiger partial charge in [0.25, 0.3) is 0 Å². The number of pyridine rings is 1. The molecule has 144 valence electrons. The highest BCUT2D eigenvalue weighted by Gasteiger charge is 2.34. The first-order valence-electron chi connectivity index (χ1n) is 8.60. The molecule has 3 rings (SSSR count). The van der Waals surface area contributed by atoms with Gasteiger partial charge < -0.3 is 14.8 Å². The average Bonchev–Trinajstić information content (AvgIpc) is 3.04. The maximum atomic E-state index is 12.5. The Morgan fingerprint density at radius 2 is 2.19 bits per heavy atom. The van der Waals surface area contributed by atoms with Crippen LogP contribution in [0, 0.1) is 0 Å². The molecule has 1 aromatic rings. The highest BCUT2D eigenvalue weighted by atomic mass is 19.4. The van der Waals surface area contributed by atoms with E-state index in [4.69, 9.17) is 9.47 Å². The fourth-order valence-corrected chi connectivity index (χ4v) is 2.93. The summed E-state index contributed by atoms with van der Waals surface area (Å²) in [5.74, 6) is 0.168. The molecule has 0 saturated carbocycles. The summed E-state index contributed by atoms with van der Waals surface area (Å²) >= 11 is 0. The molecule has 6 nitrogen and oxygen atoms in total. The van der Waals surface area contributed by atoms with Crippen molar-refractivity contribution in [2.45, 2.75) is 32.2 Å². The summed E-state index contributed by atoms with van der Waals surface area (Å²) in [6.45, 7) is 5.22. The second-order valence-electron chi connectivity index (χ2n) is 6.48. The van der Waals surface area contributed by atoms with Gasteiger partial charge in [0.05, 0.1) is 24.2 Å². The predicted octanol–water partition coefficient (Wildman–Crippen LogP) is 2.61. The molecule has 0 aromatic carbocycles. The molecule has 2 aliphatic heterocycles. The molecular weight excluding hydrogens is 349 g/mol. The first-order valence-corrected chi connectivity index (χ1v) is 8.60. The molecule has 0 aliphatic carbocycles. The van der Waals surface area contributed by atoms with E-state index >= 15 is 0 Å². The monoisotopic (exact) mass is 372 g/mol. The summed E-state index contributed by atoms with van der Waals surface area (Å²) in [5, 5.41) is 6.81. The SMILES string of the molecule is CC(C)N1CC=C(OCC(F)(F)F)N1c1ccc([C@@H]2CNCCO2)nc1. The van der Waals surface area contributed by atoms with Crippen LogP contribution in [0.5, 0.6) is 0 Å². The first kappa shape index (κ1) is 18.9. The molecule has 26 heavy (non-hydrogen) atoms. The molecule has 0 unspecified atom stereocenters. The van der Waals surface area contributed by atoms with Crippen LogP contribution in [0.1, 0.15) is 25.6 Å². The highest BCUT2D eigenvalue weighted by molar-refractivity contribution is 5.50. The van der Waals surface area contributed by atoms with Crippen LogP contribution in [0.2, 0.25) is 0 Å². The number of aromatic nitrogens is 1. The Morgan fingerprint density at radius 1 is 1.38 bits per heavy atom. The van der Waals surface area contributed by atoms with E-state index in [0.29, 0.717) is 25.4 Å². The minimum absolute atomic E-state index is 0.0868. The molecule has 1 atom stereocenters. The quantitative estimate of drug-likeness (QED) is 0.858. The number of hydrazine groups is 1. The molecule has 3 heterocycles. The lowest BCUT2D eigenvalue weighted by atomic mass is 10.2. The summed E-state index contributed by atoms with van der Waals surface area (Å²) in [6.07, 6.45) is -1.22. The maximum absolute atomic E-state index is 12.5. The van der Waals surface area contributed by atoms with Crippen LogP contribution in [0.4, 0.5) is 18.9 Å². The first-order chi connectivity index (χ1) is 12.3. The van der Waals surface area contributed by atoms with E-state index in [0.717, 1.165) is 12.2 Å². The Balaban J connectivity index is 1.77. The Labute approximate surface area is 150 Å². The summed E-state index contributed by atoms with van der Waals surface area (Å²) in [4.78, 5) is 4.45. The Morgan fingerprint density at radius 3 is 2.77 bits per heavy atom. The molecular formula is C17H23F3N4O2. The van der Waals surface area contributed by atoms with E-state index in [1.165, 1.54) is 0 Å². The molecule has 2 aliphatic rings. The number of anilines is 1. The average molecular weight is 372 g/mol. The minimum atomic E-state index is -4.38. The van der Waals surface area contributed by atoms with Gasteiger partial charge >= 0.3 is 6.18 Å². The molecule has 0 radical (unpaired) electrons. The highest BCUT2D eigenvalue weighted by Crippen LogP contribution is 2.30. The lowest BCUT2D eigenvalue weighted by Gasteiger charge is -2.34. The van der Waals surface area contributed by atoms with Gasteiger partial charge in [0.15, 0.2) is 6.61 Å². The molecule has 9 heteroatoms.